The van der Waals surface area contributed by atoms with Crippen LogP contribution in [-0.4, -0.2) is 58.8 Å². The third kappa shape index (κ3) is 4.57. The fourth-order valence-electron chi connectivity index (χ4n) is 3.53. The van der Waals surface area contributed by atoms with Crippen molar-refractivity contribution >= 4 is 17.5 Å². The molecule has 0 bridgehead atoms. The van der Waals surface area contributed by atoms with E-state index in [0.717, 1.165) is 31.6 Å². The van der Waals surface area contributed by atoms with Crippen molar-refractivity contribution in [1.29, 1.82) is 0 Å². The number of carbonyl (C=O) groups excluding carboxylic acids is 2. The zero-order valence-corrected chi connectivity index (χ0v) is 16.8. The molecule has 1 N–H and O–H groups in total. The van der Waals surface area contributed by atoms with E-state index in [0.29, 0.717) is 29.4 Å². The zero-order chi connectivity index (χ0) is 20.1. The molecule has 3 rings (SSSR count). The number of benzene rings is 1. The molecule has 0 saturated carbocycles. The van der Waals surface area contributed by atoms with Crippen LogP contribution in [0.2, 0.25) is 0 Å². The number of nitrogens with zero attached hydrogens (tertiary/aromatic N) is 3. The van der Waals surface area contributed by atoms with Crippen LogP contribution in [0.3, 0.4) is 0 Å². The highest BCUT2D eigenvalue weighted by Crippen LogP contribution is 2.24. The van der Waals surface area contributed by atoms with Gasteiger partial charge in [-0.1, -0.05) is 12.1 Å². The van der Waals surface area contributed by atoms with E-state index < -0.39 is 0 Å². The zero-order valence-electron chi connectivity index (χ0n) is 16.8. The lowest BCUT2D eigenvalue weighted by Crippen LogP contribution is -2.37. The third-order valence-electron chi connectivity index (χ3n) is 5.23. The average molecular weight is 380 g/mol. The molecule has 6 nitrogen and oxygen atoms in total. The van der Waals surface area contributed by atoms with Gasteiger partial charge in [-0.25, -0.2) is 0 Å². The number of carbonyl (C=O) groups is 2. The van der Waals surface area contributed by atoms with Crippen molar-refractivity contribution in [1.82, 2.24) is 14.8 Å². The van der Waals surface area contributed by atoms with Gasteiger partial charge in [0.15, 0.2) is 0 Å². The van der Waals surface area contributed by atoms with E-state index in [4.69, 9.17) is 0 Å². The molecule has 0 spiro atoms. The van der Waals surface area contributed by atoms with Crippen molar-refractivity contribution in [3.8, 4) is 0 Å². The first-order valence-corrected chi connectivity index (χ1v) is 9.81. The second-order valence-electron chi connectivity index (χ2n) is 7.46. The normalized spacial score (nSPS) is 15.4. The molecule has 0 radical (unpaired) electrons. The Balaban J connectivity index is 1.81. The fourth-order valence-corrected chi connectivity index (χ4v) is 3.53. The SMILES string of the molecule is Cc1cccc(C(=O)N2CCCN(C(C)C)CC2)c1NC(=O)c1ccncc1. The van der Waals surface area contributed by atoms with Gasteiger partial charge < -0.3 is 10.2 Å². The fraction of sp³-hybridized carbons (Fsp3) is 0.409. The van der Waals surface area contributed by atoms with Gasteiger partial charge in [-0.05, 0) is 51.0 Å². The molecule has 1 aliphatic heterocycles. The molecule has 28 heavy (non-hydrogen) atoms. The van der Waals surface area contributed by atoms with Gasteiger partial charge in [-0.15, -0.1) is 0 Å². The molecular formula is C22H28N4O2. The Hall–Kier alpha value is -2.73. The van der Waals surface area contributed by atoms with Crippen LogP contribution in [0.1, 0.15) is 46.5 Å². The largest absolute Gasteiger partial charge is 0.337 e. The Morgan fingerprint density at radius 3 is 2.50 bits per heavy atom. The second kappa shape index (κ2) is 8.97. The van der Waals surface area contributed by atoms with Crippen LogP contribution in [-0.2, 0) is 0 Å². The maximum atomic E-state index is 13.3. The summed E-state index contributed by atoms with van der Waals surface area (Å²) in [5.41, 5.74) is 2.51. The number of amides is 2. The average Bonchev–Trinajstić information content (AvgIpc) is 2.96. The molecule has 2 amide bonds. The van der Waals surface area contributed by atoms with Gasteiger partial charge in [0, 0.05) is 50.2 Å². The molecule has 0 aliphatic carbocycles. The lowest BCUT2D eigenvalue weighted by Gasteiger charge is -2.25. The minimum absolute atomic E-state index is 0.0284. The van der Waals surface area contributed by atoms with Crippen LogP contribution in [0, 0.1) is 6.92 Å². The standard InChI is InChI=1S/C22H28N4O2/c1-16(2)25-12-5-13-26(15-14-25)22(28)19-7-4-6-17(3)20(19)24-21(27)18-8-10-23-11-9-18/h4,6-11,16H,5,12-15H2,1-3H3,(H,24,27). The van der Waals surface area contributed by atoms with Crippen LogP contribution in [0.5, 0.6) is 0 Å². The Labute approximate surface area is 166 Å². The lowest BCUT2D eigenvalue weighted by molar-refractivity contribution is 0.0760. The molecular weight excluding hydrogens is 352 g/mol. The summed E-state index contributed by atoms with van der Waals surface area (Å²) in [7, 11) is 0. The Morgan fingerprint density at radius 1 is 1.04 bits per heavy atom. The quantitative estimate of drug-likeness (QED) is 0.885. The minimum atomic E-state index is -0.243. The first-order chi connectivity index (χ1) is 13.5. The van der Waals surface area contributed by atoms with Gasteiger partial charge >= 0.3 is 0 Å². The summed E-state index contributed by atoms with van der Waals surface area (Å²) in [6.45, 7) is 9.57. The summed E-state index contributed by atoms with van der Waals surface area (Å²) < 4.78 is 0. The first kappa shape index (κ1) is 20.0. The number of nitrogens with one attached hydrogen (secondary N) is 1. The summed E-state index contributed by atoms with van der Waals surface area (Å²) in [5, 5.41) is 2.93. The number of hydrogen-bond donors (Lipinski definition) is 1. The van der Waals surface area contributed by atoms with E-state index in [-0.39, 0.29) is 11.8 Å². The smallest absolute Gasteiger partial charge is 0.256 e. The summed E-state index contributed by atoms with van der Waals surface area (Å²) in [6, 6.07) is 9.35. The summed E-state index contributed by atoms with van der Waals surface area (Å²) in [6.07, 6.45) is 4.11. The van der Waals surface area contributed by atoms with Crippen molar-refractivity contribution in [2.45, 2.75) is 33.2 Å². The number of anilines is 1. The Kier molecular flexibility index (Phi) is 6.41. The second-order valence-corrected chi connectivity index (χ2v) is 7.46. The van der Waals surface area contributed by atoms with Crippen molar-refractivity contribution in [3.05, 3.63) is 59.4 Å². The van der Waals surface area contributed by atoms with Gasteiger partial charge in [0.05, 0.1) is 11.3 Å². The van der Waals surface area contributed by atoms with Crippen molar-refractivity contribution in [2.24, 2.45) is 0 Å². The van der Waals surface area contributed by atoms with Crippen LogP contribution < -0.4 is 5.32 Å². The van der Waals surface area contributed by atoms with Gasteiger partial charge in [-0.2, -0.15) is 0 Å². The van der Waals surface area contributed by atoms with Crippen molar-refractivity contribution in [2.75, 3.05) is 31.5 Å². The summed E-state index contributed by atoms with van der Waals surface area (Å²) in [4.78, 5) is 34.1. The van der Waals surface area contributed by atoms with Gasteiger partial charge in [0.25, 0.3) is 11.8 Å². The van der Waals surface area contributed by atoms with E-state index in [1.807, 2.05) is 24.0 Å². The maximum Gasteiger partial charge on any atom is 0.256 e. The van der Waals surface area contributed by atoms with Crippen molar-refractivity contribution in [3.63, 3.8) is 0 Å². The van der Waals surface area contributed by atoms with E-state index >= 15 is 0 Å². The highest BCUT2D eigenvalue weighted by atomic mass is 16.2. The summed E-state index contributed by atoms with van der Waals surface area (Å²) in [5.74, 6) is -0.271. The van der Waals surface area contributed by atoms with Gasteiger partial charge in [0.1, 0.15) is 0 Å². The number of rotatable bonds is 4. The molecule has 2 heterocycles. The van der Waals surface area contributed by atoms with Crippen LogP contribution in [0.4, 0.5) is 5.69 Å². The first-order valence-electron chi connectivity index (χ1n) is 9.81. The number of aryl methyl sites for hydroxylation is 1. The molecule has 1 saturated heterocycles. The lowest BCUT2D eigenvalue weighted by atomic mass is 10.1. The number of aromatic nitrogens is 1. The molecule has 6 heteroatoms. The molecule has 2 aromatic rings. The van der Waals surface area contributed by atoms with E-state index in [1.54, 1.807) is 30.6 Å². The number of hydrogen-bond acceptors (Lipinski definition) is 4. The van der Waals surface area contributed by atoms with Crippen LogP contribution >= 0.6 is 0 Å². The van der Waals surface area contributed by atoms with E-state index in [9.17, 15) is 9.59 Å². The van der Waals surface area contributed by atoms with Gasteiger partial charge in [-0.3, -0.25) is 19.5 Å². The predicted octanol–water partition coefficient (Wildman–Crippen LogP) is 3.20. The van der Waals surface area contributed by atoms with Crippen LogP contribution in [0.25, 0.3) is 0 Å². The van der Waals surface area contributed by atoms with E-state index in [1.165, 1.54) is 0 Å². The molecule has 0 atom stereocenters. The number of para-hydroxylation sites is 1. The monoisotopic (exact) mass is 380 g/mol. The maximum absolute atomic E-state index is 13.3. The molecule has 0 unspecified atom stereocenters. The highest BCUT2D eigenvalue weighted by Gasteiger charge is 2.24. The predicted molar refractivity (Wildman–Crippen MR) is 111 cm³/mol. The Morgan fingerprint density at radius 2 is 1.79 bits per heavy atom. The molecule has 148 valence electrons. The summed E-state index contributed by atoms with van der Waals surface area (Å²) >= 11 is 0. The van der Waals surface area contributed by atoms with E-state index in [2.05, 4.69) is 29.0 Å². The van der Waals surface area contributed by atoms with Crippen molar-refractivity contribution < 1.29 is 9.59 Å². The number of pyridine rings is 1. The molecule has 1 aromatic carbocycles. The van der Waals surface area contributed by atoms with Gasteiger partial charge in [0.2, 0.25) is 0 Å². The van der Waals surface area contributed by atoms with Crippen LogP contribution in [0.15, 0.2) is 42.7 Å². The minimum Gasteiger partial charge on any atom is -0.337 e. The Bertz CT molecular complexity index is 836. The topological polar surface area (TPSA) is 65.5 Å². The molecule has 1 aliphatic rings. The molecule has 1 aromatic heterocycles. The third-order valence-corrected chi connectivity index (χ3v) is 5.23. The highest BCUT2D eigenvalue weighted by molar-refractivity contribution is 6.09. The molecule has 1 fully saturated rings.